The van der Waals surface area contributed by atoms with E-state index in [1.54, 1.807) is 0 Å². The fraction of sp³-hybridized carbons (Fsp3) is 0.478. The maximum absolute atomic E-state index is 15.3. The van der Waals surface area contributed by atoms with E-state index in [9.17, 15) is 26.0 Å². The number of thioether (sulfide) groups is 1. The molecule has 0 aliphatic carbocycles. The summed E-state index contributed by atoms with van der Waals surface area (Å²) in [5, 5.41) is 0. The summed E-state index contributed by atoms with van der Waals surface area (Å²) in [5.74, 6) is -2.59. The topological polar surface area (TPSA) is 61.8 Å². The fourth-order valence-electron chi connectivity index (χ4n) is 4.83. The van der Waals surface area contributed by atoms with Crippen molar-refractivity contribution in [3.05, 3.63) is 53.6 Å². The van der Waals surface area contributed by atoms with Crippen LogP contribution in [0, 0.1) is 17.6 Å². The van der Waals surface area contributed by atoms with Crippen LogP contribution in [0.4, 0.5) is 22.0 Å². The third-order valence-corrected chi connectivity index (χ3v) is 9.57. The van der Waals surface area contributed by atoms with Gasteiger partial charge in [-0.3, -0.25) is 0 Å². The van der Waals surface area contributed by atoms with Crippen molar-refractivity contribution in [3.63, 3.8) is 0 Å². The summed E-state index contributed by atoms with van der Waals surface area (Å²) in [6, 6.07) is 6.20. The minimum atomic E-state index is -4.56. The molecule has 2 aromatic rings. The molecule has 5 nitrogen and oxygen atoms in total. The summed E-state index contributed by atoms with van der Waals surface area (Å²) < 4.78 is 110. The Morgan fingerprint density at radius 1 is 1.11 bits per heavy atom. The third kappa shape index (κ3) is 4.72. The summed E-state index contributed by atoms with van der Waals surface area (Å²) in [7, 11) is -4.41. The number of rotatable bonds is 7. The molecule has 35 heavy (non-hydrogen) atoms. The highest BCUT2D eigenvalue weighted by Gasteiger charge is 2.61. The Morgan fingerprint density at radius 2 is 1.80 bits per heavy atom. The molecule has 1 fully saturated rings. The van der Waals surface area contributed by atoms with Crippen LogP contribution < -0.4 is 9.47 Å². The second-order valence-electron chi connectivity index (χ2n) is 8.36. The highest BCUT2D eigenvalue weighted by atomic mass is 32.2. The van der Waals surface area contributed by atoms with Crippen LogP contribution in [-0.2, 0) is 19.3 Å². The van der Waals surface area contributed by atoms with Gasteiger partial charge in [0.15, 0.2) is 28.0 Å². The lowest BCUT2D eigenvalue weighted by Crippen LogP contribution is -2.57. The average molecular weight is 539 g/mol. The van der Waals surface area contributed by atoms with Crippen molar-refractivity contribution >= 4 is 21.6 Å². The molecule has 1 unspecified atom stereocenters. The van der Waals surface area contributed by atoms with Crippen molar-refractivity contribution in [1.82, 2.24) is 0 Å². The molecular weight excluding hydrogens is 515 g/mol. The molecule has 2 aromatic carbocycles. The van der Waals surface area contributed by atoms with E-state index in [-0.39, 0.29) is 35.8 Å². The van der Waals surface area contributed by atoms with Crippen molar-refractivity contribution in [2.45, 2.75) is 34.8 Å². The maximum Gasteiger partial charge on any atom is 0.422 e. The Balaban J connectivity index is 1.83. The van der Waals surface area contributed by atoms with Gasteiger partial charge >= 0.3 is 6.18 Å². The number of halogens is 5. The number of hydrogen-bond acceptors (Lipinski definition) is 6. The predicted octanol–water partition coefficient (Wildman–Crippen LogP) is 5.13. The molecule has 0 amide bonds. The summed E-state index contributed by atoms with van der Waals surface area (Å²) >= 11 is 1.54. The maximum atomic E-state index is 15.3. The van der Waals surface area contributed by atoms with Crippen LogP contribution in [0.5, 0.6) is 11.5 Å². The van der Waals surface area contributed by atoms with Crippen molar-refractivity contribution in [2.24, 2.45) is 5.92 Å². The molecule has 0 N–H and O–H groups in total. The van der Waals surface area contributed by atoms with Gasteiger partial charge in [-0.1, -0.05) is 0 Å². The minimum Gasteiger partial charge on any atom is -0.490 e. The highest BCUT2D eigenvalue weighted by Crippen LogP contribution is 2.56. The van der Waals surface area contributed by atoms with Crippen LogP contribution >= 0.6 is 11.8 Å². The number of sulfone groups is 1. The largest absolute Gasteiger partial charge is 0.490 e. The molecule has 2 aliphatic heterocycles. The molecule has 192 valence electrons. The number of alkyl halides is 3. The Hall–Kier alpha value is -2.05. The third-order valence-electron chi connectivity index (χ3n) is 6.36. The molecule has 2 aliphatic rings. The molecule has 0 aromatic heterocycles. The van der Waals surface area contributed by atoms with Crippen molar-refractivity contribution in [3.8, 4) is 11.5 Å². The van der Waals surface area contributed by atoms with Crippen molar-refractivity contribution in [2.75, 3.05) is 31.8 Å². The standard InChI is InChI=1S/C23H23F5O5S2/c1-34-11-8-19-16-12-32-21-18(25)7-6-17(24)20(21)22(16,9-10-31-19)35(29,30)15-4-2-14(3-5-15)33-13-23(26,27)28/h2-7,16,19H,8-13H2,1H3/t16?,19-,22-/m0/s1. The number of ether oxygens (including phenoxy) is 3. The first-order valence-electron chi connectivity index (χ1n) is 10.8. The van der Waals surface area contributed by atoms with E-state index >= 15 is 4.39 Å². The fourth-order valence-corrected chi connectivity index (χ4v) is 7.65. The molecule has 4 rings (SSSR count). The molecule has 0 saturated carbocycles. The quantitative estimate of drug-likeness (QED) is 0.456. The SMILES string of the molecule is CSCC[C@@H]1OCC[C@@]2(S(=O)(=O)c3ccc(OCC(F)(F)F)cc3)c3c(F)ccc(F)c3OCC12. The van der Waals surface area contributed by atoms with Gasteiger partial charge in [0, 0.05) is 12.5 Å². The Kier molecular flexibility index (Phi) is 7.27. The van der Waals surface area contributed by atoms with Gasteiger partial charge in [-0.25, -0.2) is 17.2 Å². The van der Waals surface area contributed by atoms with Crippen LogP contribution in [0.2, 0.25) is 0 Å². The summed E-state index contributed by atoms with van der Waals surface area (Å²) in [4.78, 5) is -0.246. The zero-order valence-electron chi connectivity index (χ0n) is 18.6. The molecule has 0 spiro atoms. The number of hydrogen-bond donors (Lipinski definition) is 0. The lowest BCUT2D eigenvalue weighted by atomic mass is 9.75. The Bertz CT molecular complexity index is 1170. The first kappa shape index (κ1) is 26.0. The van der Waals surface area contributed by atoms with E-state index in [4.69, 9.17) is 9.47 Å². The Labute approximate surface area is 203 Å². The average Bonchev–Trinajstić information content (AvgIpc) is 2.82. The van der Waals surface area contributed by atoms with E-state index in [2.05, 4.69) is 4.74 Å². The van der Waals surface area contributed by atoms with Gasteiger partial charge < -0.3 is 14.2 Å². The molecule has 0 radical (unpaired) electrons. The van der Waals surface area contributed by atoms with E-state index in [1.807, 2.05) is 6.26 Å². The second-order valence-corrected chi connectivity index (χ2v) is 11.6. The van der Waals surface area contributed by atoms with Crippen LogP contribution in [0.15, 0.2) is 41.3 Å². The van der Waals surface area contributed by atoms with Crippen molar-refractivity contribution in [1.29, 1.82) is 0 Å². The smallest absolute Gasteiger partial charge is 0.422 e. The Morgan fingerprint density at radius 3 is 2.46 bits per heavy atom. The van der Waals surface area contributed by atoms with Crippen LogP contribution in [0.1, 0.15) is 18.4 Å². The zero-order valence-corrected chi connectivity index (χ0v) is 20.2. The van der Waals surface area contributed by atoms with E-state index in [0.717, 1.165) is 36.4 Å². The van der Waals surface area contributed by atoms with Gasteiger partial charge in [0.2, 0.25) is 0 Å². The normalized spacial score (nSPS) is 24.3. The van der Waals surface area contributed by atoms with Gasteiger partial charge in [0.05, 0.1) is 23.2 Å². The van der Waals surface area contributed by atoms with Gasteiger partial charge in [-0.2, -0.15) is 24.9 Å². The molecule has 3 atom stereocenters. The lowest BCUT2D eigenvalue weighted by Gasteiger charge is -2.50. The molecule has 1 saturated heterocycles. The molecule has 0 bridgehead atoms. The molecule has 12 heteroatoms. The van der Waals surface area contributed by atoms with Gasteiger partial charge in [-0.15, -0.1) is 0 Å². The van der Waals surface area contributed by atoms with E-state index in [1.165, 1.54) is 11.8 Å². The monoisotopic (exact) mass is 538 g/mol. The summed E-state index contributed by atoms with van der Waals surface area (Å²) in [6.45, 7) is -1.73. The van der Waals surface area contributed by atoms with E-state index < -0.39 is 56.8 Å². The van der Waals surface area contributed by atoms with Gasteiger partial charge in [-0.05, 0) is 61.2 Å². The highest BCUT2D eigenvalue weighted by molar-refractivity contribution is 7.98. The summed E-state index contributed by atoms with van der Waals surface area (Å²) in [6.07, 6.45) is -2.92. The minimum absolute atomic E-state index is 0.00303. The first-order valence-corrected chi connectivity index (χ1v) is 13.6. The van der Waals surface area contributed by atoms with E-state index in [0.29, 0.717) is 12.2 Å². The zero-order chi connectivity index (χ0) is 25.4. The van der Waals surface area contributed by atoms with Crippen molar-refractivity contribution < 1.29 is 44.6 Å². The van der Waals surface area contributed by atoms with Crippen LogP contribution in [0.25, 0.3) is 0 Å². The first-order chi connectivity index (χ1) is 16.5. The number of fused-ring (bicyclic) bond motifs is 3. The number of benzene rings is 2. The van der Waals surface area contributed by atoms with Crippen LogP contribution in [0.3, 0.4) is 0 Å². The second kappa shape index (κ2) is 9.78. The van der Waals surface area contributed by atoms with Gasteiger partial charge in [0.25, 0.3) is 0 Å². The van der Waals surface area contributed by atoms with Gasteiger partial charge in [0.1, 0.15) is 16.3 Å². The molecular formula is C23H23F5O5S2. The lowest BCUT2D eigenvalue weighted by molar-refractivity contribution is -0.153. The van der Waals surface area contributed by atoms with Crippen LogP contribution in [-0.4, -0.2) is 52.5 Å². The molecule has 2 heterocycles. The predicted molar refractivity (Wildman–Crippen MR) is 120 cm³/mol. The summed E-state index contributed by atoms with van der Waals surface area (Å²) in [5.41, 5.74) is -0.372.